The van der Waals surface area contributed by atoms with Crippen molar-refractivity contribution in [2.45, 2.75) is 32.9 Å². The number of halogens is 1. The molecule has 2 saturated heterocycles. The molecule has 2 heterocycles. The standard InChI is InChI=1S/C23H36ClN5O2/c1-23(2,3)25-21(30)17-27-12-14-29(15-13-27)22(31)18-28-10-8-26(9-11-28)16-19-4-6-20(24)7-5-19/h4-7H,8-18H2,1-3H3,(H,25,30). The number of rotatable bonds is 6. The van der Waals surface area contributed by atoms with E-state index in [1.165, 1.54) is 5.56 Å². The van der Waals surface area contributed by atoms with Crippen molar-refractivity contribution in [3.63, 3.8) is 0 Å². The van der Waals surface area contributed by atoms with E-state index in [0.717, 1.165) is 50.8 Å². The molecule has 0 bridgehead atoms. The van der Waals surface area contributed by atoms with E-state index in [9.17, 15) is 9.59 Å². The minimum absolute atomic E-state index is 0.0451. The highest BCUT2D eigenvalue weighted by atomic mass is 35.5. The van der Waals surface area contributed by atoms with E-state index in [4.69, 9.17) is 11.6 Å². The Kier molecular flexibility index (Phi) is 8.33. The molecule has 0 spiro atoms. The lowest BCUT2D eigenvalue weighted by atomic mass is 10.1. The summed E-state index contributed by atoms with van der Waals surface area (Å²) in [5.74, 6) is 0.244. The third kappa shape index (κ3) is 8.07. The monoisotopic (exact) mass is 449 g/mol. The van der Waals surface area contributed by atoms with Crippen LogP contribution in [0.1, 0.15) is 26.3 Å². The van der Waals surface area contributed by atoms with Gasteiger partial charge in [-0.1, -0.05) is 23.7 Å². The predicted octanol–water partition coefficient (Wildman–Crippen LogP) is 1.52. The van der Waals surface area contributed by atoms with Crippen LogP contribution in [0.5, 0.6) is 0 Å². The number of hydrogen-bond donors (Lipinski definition) is 1. The molecule has 0 aromatic heterocycles. The lowest BCUT2D eigenvalue weighted by molar-refractivity contribution is -0.135. The Labute approximate surface area is 191 Å². The molecule has 1 N–H and O–H groups in total. The van der Waals surface area contributed by atoms with Gasteiger partial charge in [0.1, 0.15) is 0 Å². The lowest BCUT2D eigenvalue weighted by Gasteiger charge is -2.38. The first kappa shape index (κ1) is 24.0. The van der Waals surface area contributed by atoms with Crippen LogP contribution >= 0.6 is 11.6 Å². The molecular weight excluding hydrogens is 414 g/mol. The molecule has 8 heteroatoms. The molecule has 2 aliphatic rings. The lowest BCUT2D eigenvalue weighted by Crippen LogP contribution is -2.55. The molecule has 0 saturated carbocycles. The van der Waals surface area contributed by atoms with Gasteiger partial charge in [-0.3, -0.25) is 24.3 Å². The van der Waals surface area contributed by atoms with Crippen LogP contribution in [0.15, 0.2) is 24.3 Å². The van der Waals surface area contributed by atoms with E-state index in [2.05, 4.69) is 32.1 Å². The molecule has 172 valence electrons. The number of amides is 2. The van der Waals surface area contributed by atoms with Crippen LogP contribution in [0, 0.1) is 0 Å². The molecule has 2 fully saturated rings. The fraction of sp³-hybridized carbons (Fsp3) is 0.652. The summed E-state index contributed by atoms with van der Waals surface area (Å²) in [6, 6.07) is 8.01. The number of carbonyl (C=O) groups is 2. The Morgan fingerprint density at radius 1 is 0.839 bits per heavy atom. The highest BCUT2D eigenvalue weighted by molar-refractivity contribution is 6.30. The first-order valence-corrected chi connectivity index (χ1v) is 11.6. The molecule has 2 aliphatic heterocycles. The number of nitrogens with one attached hydrogen (secondary N) is 1. The summed E-state index contributed by atoms with van der Waals surface area (Å²) >= 11 is 5.96. The number of piperazine rings is 2. The predicted molar refractivity (Wildman–Crippen MR) is 124 cm³/mol. The quantitative estimate of drug-likeness (QED) is 0.713. The Morgan fingerprint density at radius 2 is 1.35 bits per heavy atom. The molecule has 31 heavy (non-hydrogen) atoms. The summed E-state index contributed by atoms with van der Waals surface area (Å²) in [5, 5.41) is 3.76. The molecule has 1 aromatic rings. The molecule has 7 nitrogen and oxygen atoms in total. The topological polar surface area (TPSA) is 59.1 Å². The third-order valence-electron chi connectivity index (χ3n) is 5.75. The second-order valence-corrected chi connectivity index (χ2v) is 10.1. The van der Waals surface area contributed by atoms with Crippen LogP contribution in [-0.4, -0.2) is 102 Å². The van der Waals surface area contributed by atoms with E-state index in [1.54, 1.807) is 0 Å². The van der Waals surface area contributed by atoms with Crippen molar-refractivity contribution in [2.24, 2.45) is 0 Å². The van der Waals surface area contributed by atoms with E-state index in [0.29, 0.717) is 26.2 Å². The Hall–Kier alpha value is -1.67. The number of nitrogens with zero attached hydrogens (tertiary/aromatic N) is 4. The van der Waals surface area contributed by atoms with Gasteiger partial charge >= 0.3 is 0 Å². The molecule has 0 unspecified atom stereocenters. The maximum absolute atomic E-state index is 12.7. The molecular formula is C23H36ClN5O2. The van der Waals surface area contributed by atoms with Crippen LogP contribution in [0.2, 0.25) is 5.02 Å². The zero-order chi connectivity index (χ0) is 22.4. The van der Waals surface area contributed by atoms with Crippen molar-refractivity contribution in [2.75, 3.05) is 65.4 Å². The van der Waals surface area contributed by atoms with E-state index >= 15 is 0 Å². The van der Waals surface area contributed by atoms with Crippen LogP contribution in [0.4, 0.5) is 0 Å². The summed E-state index contributed by atoms with van der Waals surface area (Å²) in [5.41, 5.74) is 1.05. The van der Waals surface area contributed by atoms with Crippen molar-refractivity contribution in [3.8, 4) is 0 Å². The SMILES string of the molecule is CC(C)(C)NC(=O)CN1CCN(C(=O)CN2CCN(Cc3ccc(Cl)cc3)CC2)CC1. The number of carbonyl (C=O) groups excluding carboxylic acids is 2. The maximum Gasteiger partial charge on any atom is 0.236 e. The fourth-order valence-electron chi connectivity index (χ4n) is 4.06. The van der Waals surface area contributed by atoms with E-state index in [1.807, 2.05) is 37.8 Å². The summed E-state index contributed by atoms with van der Waals surface area (Å²) in [6.07, 6.45) is 0. The van der Waals surface area contributed by atoms with E-state index < -0.39 is 0 Å². The van der Waals surface area contributed by atoms with E-state index in [-0.39, 0.29) is 17.4 Å². The fourth-order valence-corrected chi connectivity index (χ4v) is 4.19. The largest absolute Gasteiger partial charge is 0.350 e. The smallest absolute Gasteiger partial charge is 0.236 e. The second kappa shape index (κ2) is 10.8. The highest BCUT2D eigenvalue weighted by Crippen LogP contribution is 2.13. The van der Waals surface area contributed by atoms with Crippen LogP contribution in [-0.2, 0) is 16.1 Å². The number of hydrogen-bond acceptors (Lipinski definition) is 5. The average molecular weight is 450 g/mol. The van der Waals surface area contributed by atoms with Crippen molar-refractivity contribution in [1.29, 1.82) is 0 Å². The zero-order valence-corrected chi connectivity index (χ0v) is 19.8. The summed E-state index contributed by atoms with van der Waals surface area (Å²) in [6.45, 7) is 14.4. The zero-order valence-electron chi connectivity index (χ0n) is 19.1. The average Bonchev–Trinajstić information content (AvgIpc) is 2.70. The minimum Gasteiger partial charge on any atom is -0.350 e. The Bertz CT molecular complexity index is 733. The first-order chi connectivity index (χ1) is 14.7. The minimum atomic E-state index is -0.215. The van der Waals surface area contributed by atoms with Gasteiger partial charge < -0.3 is 10.2 Å². The second-order valence-electron chi connectivity index (χ2n) is 9.63. The van der Waals surface area contributed by atoms with Gasteiger partial charge in [0.15, 0.2) is 0 Å². The van der Waals surface area contributed by atoms with Gasteiger partial charge in [0.2, 0.25) is 11.8 Å². The van der Waals surface area contributed by atoms with Gasteiger partial charge in [-0.25, -0.2) is 0 Å². The molecule has 2 amide bonds. The van der Waals surface area contributed by atoms with Crippen LogP contribution in [0.25, 0.3) is 0 Å². The molecule has 0 radical (unpaired) electrons. The van der Waals surface area contributed by atoms with Crippen LogP contribution < -0.4 is 5.32 Å². The van der Waals surface area contributed by atoms with Gasteiger partial charge in [0.05, 0.1) is 13.1 Å². The van der Waals surface area contributed by atoms with Crippen molar-refractivity contribution < 1.29 is 9.59 Å². The molecule has 0 atom stereocenters. The van der Waals surface area contributed by atoms with Gasteiger partial charge in [-0.2, -0.15) is 0 Å². The summed E-state index contributed by atoms with van der Waals surface area (Å²) in [7, 11) is 0. The summed E-state index contributed by atoms with van der Waals surface area (Å²) < 4.78 is 0. The number of benzene rings is 1. The van der Waals surface area contributed by atoms with Gasteiger partial charge in [0, 0.05) is 69.5 Å². The van der Waals surface area contributed by atoms with Crippen LogP contribution in [0.3, 0.4) is 0 Å². The van der Waals surface area contributed by atoms with Gasteiger partial charge in [-0.15, -0.1) is 0 Å². The first-order valence-electron chi connectivity index (χ1n) is 11.2. The Balaban J connectivity index is 1.34. The normalized spacial score (nSPS) is 19.4. The third-order valence-corrected chi connectivity index (χ3v) is 6.00. The highest BCUT2D eigenvalue weighted by Gasteiger charge is 2.26. The molecule has 1 aromatic carbocycles. The van der Waals surface area contributed by atoms with Crippen molar-refractivity contribution in [3.05, 3.63) is 34.9 Å². The van der Waals surface area contributed by atoms with Crippen molar-refractivity contribution in [1.82, 2.24) is 24.9 Å². The summed E-state index contributed by atoms with van der Waals surface area (Å²) in [4.78, 5) is 33.6. The molecule has 0 aliphatic carbocycles. The molecule has 3 rings (SSSR count). The van der Waals surface area contributed by atoms with Gasteiger partial charge in [0.25, 0.3) is 0 Å². The maximum atomic E-state index is 12.7. The van der Waals surface area contributed by atoms with Crippen molar-refractivity contribution >= 4 is 23.4 Å². The van der Waals surface area contributed by atoms with Gasteiger partial charge in [-0.05, 0) is 38.5 Å². The Morgan fingerprint density at radius 3 is 1.94 bits per heavy atom.